The van der Waals surface area contributed by atoms with Crippen molar-refractivity contribution in [3.05, 3.63) is 77.2 Å². The van der Waals surface area contributed by atoms with Crippen LogP contribution in [0.25, 0.3) is 16.9 Å². The van der Waals surface area contributed by atoms with E-state index < -0.39 is 11.7 Å². The van der Waals surface area contributed by atoms with Gasteiger partial charge < -0.3 is 10.4 Å². The Morgan fingerprint density at radius 1 is 1.25 bits per heavy atom. The first kappa shape index (κ1) is 23.2. The number of carbonyl (C=O) groups excluding carboxylic acids is 1. The molecule has 2 heterocycles. The largest absolute Gasteiger partial charge is 0.412 e. The quantitative estimate of drug-likeness (QED) is 0.538. The number of alkyl halides is 3. The van der Waals surface area contributed by atoms with E-state index in [1.807, 2.05) is 6.07 Å². The van der Waals surface area contributed by atoms with Gasteiger partial charge in [-0.2, -0.15) is 18.3 Å². The zero-order valence-corrected chi connectivity index (χ0v) is 17.6. The predicted octanol–water partition coefficient (Wildman–Crippen LogP) is 4.12. The first-order valence-electron chi connectivity index (χ1n) is 9.96. The highest BCUT2D eigenvalue weighted by Gasteiger charge is 2.29. The van der Waals surface area contributed by atoms with E-state index in [-0.39, 0.29) is 25.5 Å². The summed E-state index contributed by atoms with van der Waals surface area (Å²) < 4.78 is 40.3. The van der Waals surface area contributed by atoms with Gasteiger partial charge in [-0.3, -0.25) is 4.79 Å². The molecule has 3 rings (SSSR count). The lowest BCUT2D eigenvalue weighted by molar-refractivity contribution is -0.0913. The number of nitrogens with one attached hydrogen (secondary N) is 1. The van der Waals surface area contributed by atoms with Crippen LogP contribution in [0.15, 0.2) is 65.9 Å². The topological polar surface area (TPSA) is 79.5 Å². The van der Waals surface area contributed by atoms with Crippen LogP contribution in [0, 0.1) is 0 Å². The number of aliphatic hydroxyl groups is 1. The van der Waals surface area contributed by atoms with Crippen LogP contribution in [0.1, 0.15) is 29.9 Å². The predicted molar refractivity (Wildman–Crippen MR) is 115 cm³/mol. The van der Waals surface area contributed by atoms with Crippen molar-refractivity contribution in [1.82, 2.24) is 19.9 Å². The Kier molecular flexibility index (Phi) is 7.09. The highest BCUT2D eigenvalue weighted by atomic mass is 19.4. The molecule has 0 radical (unpaired) electrons. The Bertz CT molecular complexity index is 1180. The van der Waals surface area contributed by atoms with Crippen molar-refractivity contribution in [3.63, 3.8) is 0 Å². The van der Waals surface area contributed by atoms with E-state index in [9.17, 15) is 18.0 Å². The van der Waals surface area contributed by atoms with E-state index in [1.54, 1.807) is 54.0 Å². The second kappa shape index (κ2) is 9.78. The molecule has 1 aromatic carbocycles. The highest BCUT2D eigenvalue weighted by molar-refractivity contribution is 5.95. The Morgan fingerprint density at radius 2 is 2.03 bits per heavy atom. The van der Waals surface area contributed by atoms with Gasteiger partial charge in [-0.25, -0.2) is 9.50 Å². The van der Waals surface area contributed by atoms with Gasteiger partial charge in [-0.15, -0.1) is 0 Å². The average molecular weight is 444 g/mol. The number of rotatable bonds is 7. The summed E-state index contributed by atoms with van der Waals surface area (Å²) in [5.74, 6) is -0.308. The molecule has 2 aromatic heterocycles. The van der Waals surface area contributed by atoms with E-state index >= 15 is 0 Å². The summed E-state index contributed by atoms with van der Waals surface area (Å²) in [6.07, 6.45) is 0.195. The minimum absolute atomic E-state index is 0.153. The summed E-state index contributed by atoms with van der Waals surface area (Å²) in [5.41, 5.74) is 2.76. The number of aliphatic hydroxyl groups excluding tert-OH is 1. The van der Waals surface area contributed by atoms with Crippen molar-refractivity contribution in [3.8, 4) is 11.3 Å². The molecule has 0 aliphatic rings. The van der Waals surface area contributed by atoms with Crippen LogP contribution in [0.4, 0.5) is 13.2 Å². The number of allylic oxidation sites excluding steroid dienone is 4. The maximum Gasteiger partial charge on any atom is 0.412 e. The van der Waals surface area contributed by atoms with E-state index in [0.717, 1.165) is 18.6 Å². The molecule has 0 atom stereocenters. The van der Waals surface area contributed by atoms with Crippen LogP contribution in [-0.2, 0) is 6.42 Å². The number of fused-ring (bicyclic) bond motifs is 1. The fraction of sp³-hybridized carbons (Fsp3) is 0.261. The third-order valence-corrected chi connectivity index (χ3v) is 4.83. The Morgan fingerprint density at radius 3 is 2.72 bits per heavy atom. The third-order valence-electron chi connectivity index (χ3n) is 4.83. The van der Waals surface area contributed by atoms with Gasteiger partial charge in [-0.05, 0) is 37.6 Å². The van der Waals surface area contributed by atoms with Crippen molar-refractivity contribution in [2.45, 2.75) is 26.4 Å². The number of amides is 1. The molecule has 32 heavy (non-hydrogen) atoms. The van der Waals surface area contributed by atoms with Crippen LogP contribution in [0.3, 0.4) is 0 Å². The molecule has 2 N–H and O–H groups in total. The van der Waals surface area contributed by atoms with Gasteiger partial charge >= 0.3 is 6.18 Å². The third kappa shape index (κ3) is 5.42. The molecule has 0 aliphatic carbocycles. The second-order valence-corrected chi connectivity index (χ2v) is 7.16. The molecule has 0 bridgehead atoms. The molecule has 0 unspecified atom stereocenters. The van der Waals surface area contributed by atoms with Crippen molar-refractivity contribution in [2.75, 3.05) is 13.2 Å². The normalized spacial score (nSPS) is 12.9. The van der Waals surface area contributed by atoms with E-state index in [0.29, 0.717) is 28.2 Å². The standard InChI is InChI=1S/C23H23F3N4O2/c1-3-16(11-15(2)23(24,25)26)12-19-14-21-27-8-7-20(30(21)29-19)17-5-4-6-18(13-17)22(32)28-9-10-31/h3-8,11,13-14,31H,9-10,12H2,1-2H3,(H,28,32). The number of aromatic nitrogens is 3. The fourth-order valence-corrected chi connectivity index (χ4v) is 3.14. The Balaban J connectivity index is 1.93. The van der Waals surface area contributed by atoms with Crippen LogP contribution in [0.5, 0.6) is 0 Å². The summed E-state index contributed by atoms with van der Waals surface area (Å²) in [6.45, 7) is 2.72. The van der Waals surface area contributed by atoms with E-state index in [1.165, 1.54) is 0 Å². The maximum absolute atomic E-state index is 12.9. The monoisotopic (exact) mass is 444 g/mol. The van der Waals surface area contributed by atoms with Gasteiger partial charge in [0.2, 0.25) is 0 Å². The molecule has 0 saturated heterocycles. The summed E-state index contributed by atoms with van der Waals surface area (Å²) >= 11 is 0. The number of hydrogen-bond acceptors (Lipinski definition) is 4. The number of benzene rings is 1. The number of nitrogens with zero attached hydrogens (tertiary/aromatic N) is 3. The summed E-state index contributed by atoms with van der Waals surface area (Å²) in [5, 5.41) is 16.0. The van der Waals surface area contributed by atoms with Gasteiger partial charge in [0.25, 0.3) is 5.91 Å². The van der Waals surface area contributed by atoms with Crippen LogP contribution in [-0.4, -0.2) is 44.9 Å². The molecule has 9 heteroatoms. The van der Waals surface area contributed by atoms with E-state index in [2.05, 4.69) is 15.4 Å². The minimum atomic E-state index is -4.38. The molecule has 0 aliphatic heterocycles. The average Bonchev–Trinajstić information content (AvgIpc) is 3.18. The zero-order valence-electron chi connectivity index (χ0n) is 17.6. The minimum Gasteiger partial charge on any atom is -0.395 e. The van der Waals surface area contributed by atoms with Gasteiger partial charge in [0.05, 0.1) is 18.0 Å². The second-order valence-electron chi connectivity index (χ2n) is 7.16. The van der Waals surface area contributed by atoms with Crippen LogP contribution in [0.2, 0.25) is 0 Å². The number of halogens is 3. The van der Waals surface area contributed by atoms with Gasteiger partial charge in [0.15, 0.2) is 5.65 Å². The van der Waals surface area contributed by atoms with Crippen molar-refractivity contribution >= 4 is 11.6 Å². The molecule has 6 nitrogen and oxygen atoms in total. The smallest absolute Gasteiger partial charge is 0.395 e. The van der Waals surface area contributed by atoms with Crippen molar-refractivity contribution < 1.29 is 23.1 Å². The molecule has 0 saturated carbocycles. The first-order chi connectivity index (χ1) is 15.2. The van der Waals surface area contributed by atoms with Crippen LogP contribution < -0.4 is 5.32 Å². The Labute approximate surface area is 183 Å². The lowest BCUT2D eigenvalue weighted by Gasteiger charge is -2.08. The van der Waals surface area contributed by atoms with Gasteiger partial charge in [0, 0.05) is 41.9 Å². The highest BCUT2D eigenvalue weighted by Crippen LogP contribution is 2.27. The van der Waals surface area contributed by atoms with Gasteiger partial charge in [0.1, 0.15) is 0 Å². The summed E-state index contributed by atoms with van der Waals surface area (Å²) in [7, 11) is 0. The maximum atomic E-state index is 12.9. The lowest BCUT2D eigenvalue weighted by atomic mass is 10.1. The van der Waals surface area contributed by atoms with Gasteiger partial charge in [-0.1, -0.05) is 24.3 Å². The molecule has 0 spiro atoms. The van der Waals surface area contributed by atoms with Crippen molar-refractivity contribution in [1.29, 1.82) is 0 Å². The number of hydrogen-bond donors (Lipinski definition) is 2. The molecule has 1 amide bonds. The fourth-order valence-electron chi connectivity index (χ4n) is 3.14. The SMILES string of the molecule is CC=C(C=C(C)C(F)(F)F)Cc1cc2nccc(-c3cccc(C(=O)NCCO)c3)n2n1. The van der Waals surface area contributed by atoms with E-state index in [4.69, 9.17) is 5.11 Å². The lowest BCUT2D eigenvalue weighted by Crippen LogP contribution is -2.26. The molecule has 3 aromatic rings. The zero-order chi connectivity index (χ0) is 23.3. The Hall–Kier alpha value is -3.46. The summed E-state index contributed by atoms with van der Waals surface area (Å²) in [6, 6.07) is 10.4. The number of carbonyl (C=O) groups is 1. The van der Waals surface area contributed by atoms with Crippen LogP contribution >= 0.6 is 0 Å². The molecular formula is C23H23F3N4O2. The molecular weight excluding hydrogens is 421 g/mol. The molecule has 168 valence electrons. The summed E-state index contributed by atoms with van der Waals surface area (Å²) in [4.78, 5) is 16.5. The first-order valence-corrected chi connectivity index (χ1v) is 9.96. The molecule has 0 fully saturated rings. The van der Waals surface area contributed by atoms with Crippen molar-refractivity contribution in [2.24, 2.45) is 0 Å².